The van der Waals surface area contributed by atoms with Gasteiger partial charge in [-0.05, 0) is 41.0 Å². The molecule has 0 aliphatic carbocycles. The maximum atomic E-state index is 13.9. The van der Waals surface area contributed by atoms with Gasteiger partial charge < -0.3 is 9.73 Å². The minimum Gasteiger partial charge on any atom is -0.419 e. The normalized spacial score (nSPS) is 12.6. The standard InChI is InChI=1S/C13H15BrFN3O/c1-3-10(16-4-2)13-18-17-12(19-13)8-6-5-7-9(14)11(8)15/h5-7,10,16H,3-4H2,1-2H3. The highest BCUT2D eigenvalue weighted by molar-refractivity contribution is 9.10. The van der Waals surface area contributed by atoms with E-state index in [1.54, 1.807) is 18.2 Å². The molecule has 0 aliphatic heterocycles. The molecule has 0 saturated heterocycles. The van der Waals surface area contributed by atoms with E-state index in [0.717, 1.165) is 13.0 Å². The Morgan fingerprint density at radius 1 is 1.37 bits per heavy atom. The third kappa shape index (κ3) is 3.01. The first kappa shape index (κ1) is 14.1. The monoisotopic (exact) mass is 327 g/mol. The first-order valence-corrected chi connectivity index (χ1v) is 6.97. The van der Waals surface area contributed by atoms with Crippen LogP contribution < -0.4 is 5.32 Å². The summed E-state index contributed by atoms with van der Waals surface area (Å²) >= 11 is 3.14. The zero-order valence-electron chi connectivity index (χ0n) is 10.8. The quantitative estimate of drug-likeness (QED) is 0.909. The molecule has 4 nitrogen and oxygen atoms in total. The molecule has 2 rings (SSSR count). The molecule has 2 aromatic rings. The van der Waals surface area contributed by atoms with Gasteiger partial charge in [-0.15, -0.1) is 10.2 Å². The van der Waals surface area contributed by atoms with Gasteiger partial charge >= 0.3 is 0 Å². The van der Waals surface area contributed by atoms with E-state index in [9.17, 15) is 4.39 Å². The predicted molar refractivity (Wildman–Crippen MR) is 74.1 cm³/mol. The number of hydrogen-bond acceptors (Lipinski definition) is 4. The number of nitrogens with zero attached hydrogens (tertiary/aromatic N) is 2. The van der Waals surface area contributed by atoms with E-state index in [4.69, 9.17) is 4.42 Å². The number of rotatable bonds is 5. The summed E-state index contributed by atoms with van der Waals surface area (Å²) in [5.74, 6) is 0.290. The minimum absolute atomic E-state index is 0.00136. The Bertz CT molecular complexity index is 559. The molecule has 19 heavy (non-hydrogen) atoms. The molecule has 0 saturated carbocycles. The van der Waals surface area contributed by atoms with Gasteiger partial charge in [-0.3, -0.25) is 0 Å². The van der Waals surface area contributed by atoms with Crippen molar-refractivity contribution in [3.05, 3.63) is 34.4 Å². The van der Waals surface area contributed by atoms with Gasteiger partial charge in [-0.2, -0.15) is 0 Å². The van der Waals surface area contributed by atoms with Gasteiger partial charge in [0.05, 0.1) is 16.1 Å². The van der Waals surface area contributed by atoms with Crippen LogP contribution in [-0.4, -0.2) is 16.7 Å². The summed E-state index contributed by atoms with van der Waals surface area (Å²) < 4.78 is 19.9. The van der Waals surface area contributed by atoms with Crippen molar-refractivity contribution in [2.24, 2.45) is 0 Å². The summed E-state index contributed by atoms with van der Waals surface area (Å²) in [6.07, 6.45) is 0.830. The van der Waals surface area contributed by atoms with E-state index in [1.807, 2.05) is 13.8 Å². The maximum absolute atomic E-state index is 13.9. The SMILES string of the molecule is CCNC(CC)c1nnc(-c2cccc(Br)c2F)o1. The molecule has 0 bridgehead atoms. The van der Waals surface area contributed by atoms with Crippen molar-refractivity contribution in [2.75, 3.05) is 6.54 Å². The molecule has 1 unspecified atom stereocenters. The van der Waals surface area contributed by atoms with Crippen molar-refractivity contribution < 1.29 is 8.81 Å². The molecule has 6 heteroatoms. The molecule has 0 amide bonds. The summed E-state index contributed by atoms with van der Waals surface area (Å²) in [4.78, 5) is 0. The van der Waals surface area contributed by atoms with Gasteiger partial charge in [0.25, 0.3) is 5.89 Å². The third-order valence-electron chi connectivity index (χ3n) is 2.78. The van der Waals surface area contributed by atoms with Crippen molar-refractivity contribution in [1.82, 2.24) is 15.5 Å². The van der Waals surface area contributed by atoms with E-state index < -0.39 is 5.82 Å². The smallest absolute Gasteiger partial charge is 0.250 e. The fourth-order valence-corrected chi connectivity index (χ4v) is 2.17. The highest BCUT2D eigenvalue weighted by Crippen LogP contribution is 2.28. The molecule has 0 fully saturated rings. The number of aromatic nitrogens is 2. The Morgan fingerprint density at radius 2 is 2.16 bits per heavy atom. The molecule has 102 valence electrons. The second-order valence-electron chi connectivity index (χ2n) is 4.07. The third-order valence-corrected chi connectivity index (χ3v) is 3.39. The number of hydrogen-bond donors (Lipinski definition) is 1. The lowest BCUT2D eigenvalue weighted by atomic mass is 10.2. The lowest BCUT2D eigenvalue weighted by molar-refractivity contribution is 0.401. The van der Waals surface area contributed by atoms with Crippen LogP contribution in [0.5, 0.6) is 0 Å². The summed E-state index contributed by atoms with van der Waals surface area (Å²) in [5, 5.41) is 11.2. The van der Waals surface area contributed by atoms with Crippen LogP contribution in [0.15, 0.2) is 27.1 Å². The molecule has 0 spiro atoms. The van der Waals surface area contributed by atoms with E-state index in [-0.39, 0.29) is 11.9 Å². The van der Waals surface area contributed by atoms with Gasteiger partial charge in [-0.1, -0.05) is 19.9 Å². The maximum Gasteiger partial charge on any atom is 0.250 e. The Kier molecular flexibility index (Phi) is 4.66. The van der Waals surface area contributed by atoms with Crippen LogP contribution in [0.4, 0.5) is 4.39 Å². The van der Waals surface area contributed by atoms with Crippen LogP contribution in [0, 0.1) is 5.82 Å². The van der Waals surface area contributed by atoms with Gasteiger partial charge in [0.2, 0.25) is 5.89 Å². The summed E-state index contributed by atoms with van der Waals surface area (Å²) in [6.45, 7) is 4.84. The molecule has 1 N–H and O–H groups in total. The Hall–Kier alpha value is -1.27. The lowest BCUT2D eigenvalue weighted by Gasteiger charge is -2.10. The molecule has 1 atom stereocenters. The second kappa shape index (κ2) is 6.25. The average Bonchev–Trinajstić information content (AvgIpc) is 2.88. The zero-order valence-corrected chi connectivity index (χ0v) is 12.4. The lowest BCUT2D eigenvalue weighted by Crippen LogP contribution is -2.20. The van der Waals surface area contributed by atoms with Crippen LogP contribution in [0.25, 0.3) is 11.5 Å². The topological polar surface area (TPSA) is 51.0 Å². The Balaban J connectivity index is 2.32. The molecule has 1 heterocycles. The van der Waals surface area contributed by atoms with Crippen LogP contribution in [-0.2, 0) is 0 Å². The number of nitrogens with one attached hydrogen (secondary N) is 1. The average molecular weight is 328 g/mol. The predicted octanol–water partition coefficient (Wildman–Crippen LogP) is 3.70. The molecule has 0 radical (unpaired) electrons. The van der Waals surface area contributed by atoms with Gasteiger partial charge in [0.1, 0.15) is 5.82 Å². The molecule has 1 aromatic carbocycles. The van der Waals surface area contributed by atoms with Crippen LogP contribution in [0.1, 0.15) is 32.2 Å². The van der Waals surface area contributed by atoms with E-state index in [2.05, 4.69) is 31.4 Å². The van der Waals surface area contributed by atoms with Crippen molar-refractivity contribution in [1.29, 1.82) is 0 Å². The molecule has 0 aliphatic rings. The van der Waals surface area contributed by atoms with Gasteiger partial charge in [0, 0.05) is 0 Å². The van der Waals surface area contributed by atoms with E-state index >= 15 is 0 Å². The first-order chi connectivity index (χ1) is 9.17. The summed E-state index contributed by atoms with van der Waals surface area (Å²) in [5.41, 5.74) is 0.305. The first-order valence-electron chi connectivity index (χ1n) is 6.18. The second-order valence-corrected chi connectivity index (χ2v) is 4.92. The highest BCUT2D eigenvalue weighted by atomic mass is 79.9. The summed E-state index contributed by atoms with van der Waals surface area (Å²) in [6, 6.07) is 4.98. The van der Waals surface area contributed by atoms with E-state index in [0.29, 0.717) is 15.9 Å². The van der Waals surface area contributed by atoms with Crippen molar-refractivity contribution >= 4 is 15.9 Å². The van der Waals surface area contributed by atoms with Crippen LogP contribution in [0.3, 0.4) is 0 Å². The van der Waals surface area contributed by atoms with Gasteiger partial charge in [0.15, 0.2) is 0 Å². The number of benzene rings is 1. The molecular weight excluding hydrogens is 313 g/mol. The Morgan fingerprint density at radius 3 is 2.84 bits per heavy atom. The van der Waals surface area contributed by atoms with Crippen molar-refractivity contribution in [3.8, 4) is 11.5 Å². The van der Waals surface area contributed by atoms with Crippen molar-refractivity contribution in [2.45, 2.75) is 26.3 Å². The fraction of sp³-hybridized carbons (Fsp3) is 0.385. The molecular formula is C13H15BrFN3O. The van der Waals surface area contributed by atoms with Crippen LogP contribution >= 0.6 is 15.9 Å². The minimum atomic E-state index is -0.394. The fourth-order valence-electron chi connectivity index (χ4n) is 1.81. The van der Waals surface area contributed by atoms with Crippen molar-refractivity contribution in [3.63, 3.8) is 0 Å². The molecule has 1 aromatic heterocycles. The largest absolute Gasteiger partial charge is 0.419 e. The number of halogens is 2. The van der Waals surface area contributed by atoms with E-state index in [1.165, 1.54) is 0 Å². The van der Waals surface area contributed by atoms with Gasteiger partial charge in [-0.25, -0.2) is 4.39 Å². The van der Waals surface area contributed by atoms with Crippen LogP contribution in [0.2, 0.25) is 0 Å². The zero-order chi connectivity index (χ0) is 13.8. The highest BCUT2D eigenvalue weighted by Gasteiger charge is 2.19. The summed E-state index contributed by atoms with van der Waals surface area (Å²) in [7, 11) is 0. The Labute approximate surface area is 119 Å².